The van der Waals surface area contributed by atoms with Crippen LogP contribution in [0.1, 0.15) is 76.0 Å². The maximum Gasteiger partial charge on any atom is 0.258 e. The SMILES string of the molecule is CC(C)c1noc(-c2ccnc(N3CCCC3c3noc(C(C)C)n3)c2)n1. The van der Waals surface area contributed by atoms with Crippen molar-refractivity contribution >= 4 is 5.82 Å². The zero-order valence-electron chi connectivity index (χ0n) is 16.1. The third kappa shape index (κ3) is 3.43. The largest absolute Gasteiger partial charge is 0.346 e. The van der Waals surface area contributed by atoms with Gasteiger partial charge < -0.3 is 13.9 Å². The molecule has 1 saturated heterocycles. The van der Waals surface area contributed by atoms with Crippen LogP contribution in [0.25, 0.3) is 11.5 Å². The molecule has 4 rings (SSSR count). The number of hydrogen-bond acceptors (Lipinski definition) is 8. The van der Waals surface area contributed by atoms with Crippen molar-refractivity contribution in [2.75, 3.05) is 11.4 Å². The maximum absolute atomic E-state index is 5.42. The Labute approximate surface area is 158 Å². The fourth-order valence-corrected chi connectivity index (χ4v) is 3.22. The van der Waals surface area contributed by atoms with Crippen molar-refractivity contribution in [2.24, 2.45) is 0 Å². The van der Waals surface area contributed by atoms with E-state index in [1.165, 1.54) is 0 Å². The van der Waals surface area contributed by atoms with Crippen LogP contribution in [0.3, 0.4) is 0 Å². The Bertz CT molecular complexity index is 916. The van der Waals surface area contributed by atoms with Gasteiger partial charge in [-0.1, -0.05) is 38.0 Å². The summed E-state index contributed by atoms with van der Waals surface area (Å²) in [5, 5.41) is 8.25. The van der Waals surface area contributed by atoms with Crippen LogP contribution in [0.15, 0.2) is 27.4 Å². The number of aromatic nitrogens is 5. The lowest BCUT2D eigenvalue weighted by molar-refractivity contribution is 0.358. The van der Waals surface area contributed by atoms with Crippen LogP contribution in [0.5, 0.6) is 0 Å². The average molecular weight is 368 g/mol. The minimum absolute atomic E-state index is 0.0675. The molecule has 1 fully saturated rings. The number of pyridine rings is 1. The van der Waals surface area contributed by atoms with Crippen molar-refractivity contribution in [3.05, 3.63) is 35.9 Å². The van der Waals surface area contributed by atoms with E-state index < -0.39 is 0 Å². The molecule has 0 bridgehead atoms. The smallest absolute Gasteiger partial charge is 0.258 e. The van der Waals surface area contributed by atoms with Crippen molar-refractivity contribution < 1.29 is 9.05 Å². The Morgan fingerprint density at radius 2 is 1.93 bits per heavy atom. The molecule has 0 amide bonds. The van der Waals surface area contributed by atoms with Crippen LogP contribution in [0, 0.1) is 0 Å². The first-order valence-electron chi connectivity index (χ1n) is 9.43. The summed E-state index contributed by atoms with van der Waals surface area (Å²) in [5.74, 6) is 3.91. The predicted molar refractivity (Wildman–Crippen MR) is 99.3 cm³/mol. The van der Waals surface area contributed by atoms with E-state index in [0.29, 0.717) is 17.6 Å². The van der Waals surface area contributed by atoms with Crippen LogP contribution in [-0.4, -0.2) is 31.8 Å². The van der Waals surface area contributed by atoms with Gasteiger partial charge in [-0.25, -0.2) is 4.98 Å². The minimum atomic E-state index is 0.0675. The van der Waals surface area contributed by atoms with Gasteiger partial charge >= 0.3 is 0 Å². The summed E-state index contributed by atoms with van der Waals surface area (Å²) in [6.07, 6.45) is 3.80. The summed E-state index contributed by atoms with van der Waals surface area (Å²) in [6, 6.07) is 3.94. The summed E-state index contributed by atoms with van der Waals surface area (Å²) in [4.78, 5) is 15.8. The quantitative estimate of drug-likeness (QED) is 0.664. The number of hydrogen-bond donors (Lipinski definition) is 0. The fourth-order valence-electron chi connectivity index (χ4n) is 3.22. The monoisotopic (exact) mass is 368 g/mol. The first-order valence-corrected chi connectivity index (χ1v) is 9.43. The molecule has 8 heteroatoms. The molecule has 1 aliphatic rings. The van der Waals surface area contributed by atoms with Gasteiger partial charge in [0.15, 0.2) is 11.6 Å². The third-order valence-corrected chi connectivity index (χ3v) is 4.75. The van der Waals surface area contributed by atoms with Crippen LogP contribution in [0.2, 0.25) is 0 Å². The summed E-state index contributed by atoms with van der Waals surface area (Å²) in [7, 11) is 0. The normalized spacial score (nSPS) is 17.4. The summed E-state index contributed by atoms with van der Waals surface area (Å²) in [6.45, 7) is 9.07. The summed E-state index contributed by atoms with van der Waals surface area (Å²) >= 11 is 0. The predicted octanol–water partition coefficient (Wildman–Crippen LogP) is 4.10. The van der Waals surface area contributed by atoms with Crippen LogP contribution in [-0.2, 0) is 0 Å². The number of nitrogens with zero attached hydrogens (tertiary/aromatic N) is 6. The topological polar surface area (TPSA) is 94.0 Å². The fraction of sp³-hybridized carbons (Fsp3) is 0.526. The molecular weight excluding hydrogens is 344 g/mol. The van der Waals surface area contributed by atoms with Gasteiger partial charge in [-0.15, -0.1) is 0 Å². The highest BCUT2D eigenvalue weighted by Crippen LogP contribution is 2.35. The Morgan fingerprint density at radius 3 is 2.63 bits per heavy atom. The van der Waals surface area contributed by atoms with E-state index in [9.17, 15) is 0 Å². The molecule has 1 aliphatic heterocycles. The van der Waals surface area contributed by atoms with Crippen molar-refractivity contribution in [3.63, 3.8) is 0 Å². The van der Waals surface area contributed by atoms with Crippen LogP contribution in [0.4, 0.5) is 5.82 Å². The molecule has 1 unspecified atom stereocenters. The molecule has 0 aliphatic carbocycles. The summed E-state index contributed by atoms with van der Waals surface area (Å²) in [5.41, 5.74) is 0.862. The molecule has 8 nitrogen and oxygen atoms in total. The molecule has 3 aromatic heterocycles. The molecule has 142 valence electrons. The molecule has 1 atom stereocenters. The first-order chi connectivity index (χ1) is 13.0. The second-order valence-electron chi connectivity index (χ2n) is 7.51. The highest BCUT2D eigenvalue weighted by Gasteiger charge is 2.31. The molecule has 4 heterocycles. The highest BCUT2D eigenvalue weighted by atomic mass is 16.5. The van der Waals surface area contributed by atoms with E-state index in [-0.39, 0.29) is 17.9 Å². The van der Waals surface area contributed by atoms with Gasteiger partial charge in [-0.05, 0) is 25.0 Å². The van der Waals surface area contributed by atoms with Gasteiger partial charge in [0.25, 0.3) is 5.89 Å². The van der Waals surface area contributed by atoms with E-state index in [0.717, 1.165) is 36.6 Å². The maximum atomic E-state index is 5.42. The molecular formula is C19H24N6O2. The molecule has 0 spiro atoms. The van der Waals surface area contributed by atoms with E-state index >= 15 is 0 Å². The first kappa shape index (κ1) is 17.6. The molecule has 0 N–H and O–H groups in total. The van der Waals surface area contributed by atoms with E-state index in [1.54, 1.807) is 6.20 Å². The third-order valence-electron chi connectivity index (χ3n) is 4.75. The standard InChI is InChI=1S/C19H24N6O2/c1-11(2)16-21-19(27-23-16)13-7-8-20-15(10-13)25-9-5-6-14(25)17-22-18(12(3)4)26-24-17/h7-8,10-12,14H,5-6,9H2,1-4H3. The minimum Gasteiger partial charge on any atom is -0.346 e. The zero-order chi connectivity index (χ0) is 19.0. The lowest BCUT2D eigenvalue weighted by Crippen LogP contribution is -2.24. The lowest BCUT2D eigenvalue weighted by Gasteiger charge is -2.23. The van der Waals surface area contributed by atoms with Gasteiger partial charge in [0.1, 0.15) is 5.82 Å². The second kappa shape index (κ2) is 7.09. The van der Waals surface area contributed by atoms with Gasteiger partial charge in [-0.2, -0.15) is 9.97 Å². The van der Waals surface area contributed by atoms with Crippen molar-refractivity contribution in [1.82, 2.24) is 25.3 Å². The van der Waals surface area contributed by atoms with Crippen molar-refractivity contribution in [2.45, 2.75) is 58.4 Å². The van der Waals surface area contributed by atoms with Crippen LogP contribution < -0.4 is 4.90 Å². The van der Waals surface area contributed by atoms with Gasteiger partial charge in [0, 0.05) is 30.1 Å². The van der Waals surface area contributed by atoms with E-state index in [2.05, 4.69) is 30.2 Å². The lowest BCUT2D eigenvalue weighted by atomic mass is 10.2. The van der Waals surface area contributed by atoms with E-state index in [4.69, 9.17) is 9.05 Å². The number of anilines is 1. The summed E-state index contributed by atoms with van der Waals surface area (Å²) < 4.78 is 10.8. The Morgan fingerprint density at radius 1 is 1.07 bits per heavy atom. The van der Waals surface area contributed by atoms with Crippen molar-refractivity contribution in [1.29, 1.82) is 0 Å². The molecule has 0 saturated carbocycles. The molecule has 27 heavy (non-hydrogen) atoms. The van der Waals surface area contributed by atoms with Gasteiger partial charge in [-0.3, -0.25) is 0 Å². The van der Waals surface area contributed by atoms with Gasteiger partial charge in [0.05, 0.1) is 6.04 Å². The number of rotatable bonds is 5. The van der Waals surface area contributed by atoms with Crippen molar-refractivity contribution in [3.8, 4) is 11.5 Å². The molecule has 3 aromatic rings. The van der Waals surface area contributed by atoms with Crippen LogP contribution >= 0.6 is 0 Å². The Kier molecular flexibility index (Phi) is 4.63. The highest BCUT2D eigenvalue weighted by molar-refractivity contribution is 5.59. The molecule has 0 radical (unpaired) electrons. The van der Waals surface area contributed by atoms with E-state index in [1.807, 2.05) is 39.8 Å². The van der Waals surface area contributed by atoms with Gasteiger partial charge in [0.2, 0.25) is 5.89 Å². The average Bonchev–Trinajstić information content (AvgIpc) is 3.40. The Balaban J connectivity index is 1.61. The Hall–Kier alpha value is -2.77. The zero-order valence-corrected chi connectivity index (χ0v) is 16.1. The second-order valence-corrected chi connectivity index (χ2v) is 7.51. The molecule has 0 aromatic carbocycles.